The number of aromatic nitrogens is 2. The highest BCUT2D eigenvalue weighted by atomic mass is 16.5. The van der Waals surface area contributed by atoms with Crippen molar-refractivity contribution < 1.29 is 14.1 Å². The first-order valence-electron chi connectivity index (χ1n) is 10.8. The maximum absolute atomic E-state index is 12.8. The molecular formula is C24H28N4O3. The van der Waals surface area contributed by atoms with Crippen LogP contribution in [0.15, 0.2) is 53.1 Å². The van der Waals surface area contributed by atoms with Gasteiger partial charge in [-0.2, -0.15) is 4.98 Å². The van der Waals surface area contributed by atoms with Crippen molar-refractivity contribution in [1.29, 1.82) is 0 Å². The highest BCUT2D eigenvalue weighted by Gasteiger charge is 2.32. The number of para-hydroxylation sites is 2. The Balaban J connectivity index is 1.54. The maximum Gasteiger partial charge on any atom is 0.263 e. The fourth-order valence-electron chi connectivity index (χ4n) is 3.76. The van der Waals surface area contributed by atoms with Crippen molar-refractivity contribution in [2.24, 2.45) is 0 Å². The molecule has 1 aliphatic heterocycles. The second-order valence-electron chi connectivity index (χ2n) is 7.86. The first-order chi connectivity index (χ1) is 15.1. The minimum atomic E-state index is -0.602. The summed E-state index contributed by atoms with van der Waals surface area (Å²) in [4.78, 5) is 19.5. The smallest absolute Gasteiger partial charge is 0.263 e. The molecule has 162 valence electrons. The minimum Gasteiger partial charge on any atom is -0.477 e. The molecule has 4 rings (SSSR count). The Bertz CT molecular complexity index is 1040. The van der Waals surface area contributed by atoms with E-state index < -0.39 is 6.10 Å². The van der Waals surface area contributed by atoms with E-state index in [2.05, 4.69) is 34.2 Å². The Morgan fingerprint density at radius 2 is 2.00 bits per heavy atom. The first-order valence-corrected chi connectivity index (χ1v) is 10.8. The van der Waals surface area contributed by atoms with E-state index in [1.807, 2.05) is 55.5 Å². The van der Waals surface area contributed by atoms with E-state index in [1.165, 1.54) is 0 Å². The van der Waals surface area contributed by atoms with Crippen LogP contribution < -0.4 is 15.0 Å². The second kappa shape index (κ2) is 9.20. The molecule has 1 aliphatic rings. The topological polar surface area (TPSA) is 80.5 Å². The number of carbonyl (C=O) groups is 1. The number of aryl methyl sites for hydroxylation is 1. The van der Waals surface area contributed by atoms with Crippen LogP contribution in [0.3, 0.4) is 0 Å². The predicted octanol–water partition coefficient (Wildman–Crippen LogP) is 4.12. The van der Waals surface area contributed by atoms with Crippen LogP contribution in [0.25, 0.3) is 11.4 Å². The molecule has 0 spiro atoms. The summed E-state index contributed by atoms with van der Waals surface area (Å²) in [5.41, 5.74) is 2.96. The lowest BCUT2D eigenvalue weighted by molar-refractivity contribution is -0.128. The Kier molecular flexibility index (Phi) is 6.21. The van der Waals surface area contributed by atoms with Crippen LogP contribution in [0.2, 0.25) is 0 Å². The van der Waals surface area contributed by atoms with Crippen LogP contribution in [-0.4, -0.2) is 34.7 Å². The first kappa shape index (κ1) is 20.9. The van der Waals surface area contributed by atoms with Gasteiger partial charge in [0.1, 0.15) is 5.75 Å². The lowest BCUT2D eigenvalue weighted by Gasteiger charge is -2.35. The lowest BCUT2D eigenvalue weighted by atomic mass is 10.1. The van der Waals surface area contributed by atoms with Crippen molar-refractivity contribution in [3.8, 4) is 17.1 Å². The maximum atomic E-state index is 12.8. The van der Waals surface area contributed by atoms with Crippen LogP contribution in [0.4, 0.5) is 5.69 Å². The van der Waals surface area contributed by atoms with Crippen molar-refractivity contribution in [2.75, 3.05) is 11.4 Å². The SMILES string of the molecule is CCC(CC)NC(=O)C1CN(Cc2nc(-c3cccc(C)c3)no2)c2ccccc2O1. The van der Waals surface area contributed by atoms with Crippen LogP contribution >= 0.6 is 0 Å². The molecule has 1 unspecified atom stereocenters. The van der Waals surface area contributed by atoms with Gasteiger partial charge in [-0.15, -0.1) is 0 Å². The number of benzene rings is 2. The third kappa shape index (κ3) is 4.71. The molecule has 1 atom stereocenters. The Morgan fingerprint density at radius 1 is 1.19 bits per heavy atom. The molecule has 2 heterocycles. The molecular weight excluding hydrogens is 392 g/mol. The zero-order valence-corrected chi connectivity index (χ0v) is 18.2. The second-order valence-corrected chi connectivity index (χ2v) is 7.86. The highest BCUT2D eigenvalue weighted by molar-refractivity contribution is 5.83. The molecule has 0 saturated heterocycles. The van der Waals surface area contributed by atoms with Crippen molar-refractivity contribution in [3.05, 3.63) is 60.0 Å². The van der Waals surface area contributed by atoms with Crippen LogP contribution in [0, 0.1) is 6.92 Å². The summed E-state index contributed by atoms with van der Waals surface area (Å²) in [5.74, 6) is 1.63. The minimum absolute atomic E-state index is 0.0980. The third-order valence-electron chi connectivity index (χ3n) is 5.56. The summed E-state index contributed by atoms with van der Waals surface area (Å²) in [6, 6.07) is 15.8. The van der Waals surface area contributed by atoms with Gasteiger partial charge in [-0.1, -0.05) is 54.9 Å². The fourth-order valence-corrected chi connectivity index (χ4v) is 3.76. The number of hydrogen-bond acceptors (Lipinski definition) is 6. The van der Waals surface area contributed by atoms with Crippen molar-refractivity contribution >= 4 is 11.6 Å². The van der Waals surface area contributed by atoms with Gasteiger partial charge in [0, 0.05) is 11.6 Å². The Hall–Kier alpha value is -3.35. The molecule has 0 aliphatic carbocycles. The van der Waals surface area contributed by atoms with Gasteiger partial charge in [-0.3, -0.25) is 4.79 Å². The van der Waals surface area contributed by atoms with E-state index in [0.29, 0.717) is 30.6 Å². The van der Waals surface area contributed by atoms with Gasteiger partial charge in [-0.25, -0.2) is 0 Å². The lowest BCUT2D eigenvalue weighted by Crippen LogP contribution is -2.51. The molecule has 0 bridgehead atoms. The summed E-state index contributed by atoms with van der Waals surface area (Å²) < 4.78 is 11.5. The normalized spacial score (nSPS) is 15.5. The third-order valence-corrected chi connectivity index (χ3v) is 5.56. The number of anilines is 1. The van der Waals surface area contributed by atoms with Gasteiger partial charge in [0.15, 0.2) is 6.10 Å². The predicted molar refractivity (Wildman–Crippen MR) is 119 cm³/mol. The van der Waals surface area contributed by atoms with Gasteiger partial charge >= 0.3 is 0 Å². The largest absolute Gasteiger partial charge is 0.477 e. The van der Waals surface area contributed by atoms with Crippen molar-refractivity contribution in [2.45, 2.75) is 52.3 Å². The molecule has 1 aromatic heterocycles. The Labute approximate surface area is 182 Å². The number of ether oxygens (including phenoxy) is 1. The molecule has 1 amide bonds. The van der Waals surface area contributed by atoms with E-state index in [-0.39, 0.29) is 11.9 Å². The number of hydrogen-bond donors (Lipinski definition) is 1. The molecule has 0 fully saturated rings. The molecule has 3 aromatic rings. The van der Waals surface area contributed by atoms with E-state index in [0.717, 1.165) is 29.7 Å². The van der Waals surface area contributed by atoms with Gasteiger partial charge < -0.3 is 19.5 Å². The number of carbonyl (C=O) groups excluding carboxylic acids is 1. The number of nitrogens with one attached hydrogen (secondary N) is 1. The zero-order valence-electron chi connectivity index (χ0n) is 18.2. The molecule has 2 aromatic carbocycles. The number of rotatable bonds is 7. The summed E-state index contributed by atoms with van der Waals surface area (Å²) in [6.07, 6.45) is 1.17. The van der Waals surface area contributed by atoms with Crippen molar-refractivity contribution in [3.63, 3.8) is 0 Å². The molecule has 7 heteroatoms. The molecule has 0 saturated carbocycles. The van der Waals surface area contributed by atoms with E-state index in [1.54, 1.807) is 0 Å². The standard InChI is InChI=1S/C24H28N4O3/c1-4-18(5-2)25-24(29)21-14-28(19-11-6-7-12-20(19)30-21)15-22-26-23(27-31-22)17-10-8-9-16(3)13-17/h6-13,18,21H,4-5,14-15H2,1-3H3,(H,25,29). The average Bonchev–Trinajstić information content (AvgIpc) is 3.26. The van der Waals surface area contributed by atoms with E-state index >= 15 is 0 Å². The summed E-state index contributed by atoms with van der Waals surface area (Å²) in [7, 11) is 0. The van der Waals surface area contributed by atoms with Crippen LogP contribution in [0.1, 0.15) is 38.1 Å². The number of nitrogens with zero attached hydrogens (tertiary/aromatic N) is 3. The van der Waals surface area contributed by atoms with Gasteiger partial charge in [0.05, 0.1) is 18.8 Å². The van der Waals surface area contributed by atoms with Gasteiger partial charge in [0.25, 0.3) is 5.91 Å². The molecule has 1 N–H and O–H groups in total. The summed E-state index contributed by atoms with van der Waals surface area (Å²) in [6.45, 7) is 6.97. The fraction of sp³-hybridized carbons (Fsp3) is 0.375. The number of fused-ring (bicyclic) bond motifs is 1. The molecule has 7 nitrogen and oxygen atoms in total. The van der Waals surface area contributed by atoms with Gasteiger partial charge in [-0.05, 0) is 38.0 Å². The van der Waals surface area contributed by atoms with Crippen LogP contribution in [-0.2, 0) is 11.3 Å². The summed E-state index contributed by atoms with van der Waals surface area (Å²) in [5, 5.41) is 7.23. The Morgan fingerprint density at radius 3 is 2.77 bits per heavy atom. The zero-order chi connectivity index (χ0) is 21.8. The quantitative estimate of drug-likeness (QED) is 0.619. The van der Waals surface area contributed by atoms with Crippen molar-refractivity contribution in [1.82, 2.24) is 15.5 Å². The monoisotopic (exact) mass is 420 g/mol. The summed E-state index contributed by atoms with van der Waals surface area (Å²) >= 11 is 0. The van der Waals surface area contributed by atoms with Crippen LogP contribution in [0.5, 0.6) is 5.75 Å². The highest BCUT2D eigenvalue weighted by Crippen LogP contribution is 2.34. The number of amides is 1. The molecule has 0 radical (unpaired) electrons. The average molecular weight is 421 g/mol. The van der Waals surface area contributed by atoms with E-state index in [9.17, 15) is 4.79 Å². The molecule has 31 heavy (non-hydrogen) atoms. The van der Waals surface area contributed by atoms with Gasteiger partial charge in [0.2, 0.25) is 11.7 Å². The van der Waals surface area contributed by atoms with E-state index in [4.69, 9.17) is 9.26 Å².